The molecule has 0 saturated carbocycles. The van der Waals surface area contributed by atoms with E-state index >= 15 is 0 Å². The van der Waals surface area contributed by atoms with E-state index in [1.807, 2.05) is 6.08 Å². The fourth-order valence-corrected chi connectivity index (χ4v) is 8.95. The van der Waals surface area contributed by atoms with Crippen LogP contribution in [-0.2, 0) is 9.53 Å². The first-order chi connectivity index (χ1) is 12.7. The minimum absolute atomic E-state index is 0.304. The molecule has 3 heteroatoms. The van der Waals surface area contributed by atoms with E-state index in [1.54, 1.807) is 0 Å². The van der Waals surface area contributed by atoms with Gasteiger partial charge in [-0.15, -0.1) is 5.54 Å². The molecule has 0 aromatic rings. The Balaban J connectivity index is 5.29. The van der Waals surface area contributed by atoms with Crippen molar-refractivity contribution in [2.45, 2.75) is 97.7 Å². The van der Waals surface area contributed by atoms with Crippen LogP contribution in [0.5, 0.6) is 0 Å². The van der Waals surface area contributed by atoms with Crippen LogP contribution in [0.25, 0.3) is 0 Å². The average Bonchev–Trinajstić information content (AvgIpc) is 2.55. The van der Waals surface area contributed by atoms with Crippen molar-refractivity contribution in [2.75, 3.05) is 0 Å². The van der Waals surface area contributed by atoms with Gasteiger partial charge in [0, 0.05) is 6.92 Å². The monoisotopic (exact) mass is 388 g/mol. The van der Waals surface area contributed by atoms with Crippen LogP contribution in [0, 0.1) is 11.5 Å². The highest BCUT2D eigenvalue weighted by molar-refractivity contribution is 6.90. The van der Waals surface area contributed by atoms with Gasteiger partial charge in [-0.05, 0) is 54.3 Å². The summed E-state index contributed by atoms with van der Waals surface area (Å²) in [6.07, 6.45) is 14.5. The van der Waals surface area contributed by atoms with E-state index in [2.05, 4.69) is 84.2 Å². The van der Waals surface area contributed by atoms with Crippen molar-refractivity contribution in [2.24, 2.45) is 0 Å². The molecule has 0 heterocycles. The molecule has 0 N–H and O–H groups in total. The number of carbonyl (C=O) groups excluding carboxylic acids is 1. The van der Waals surface area contributed by atoms with Gasteiger partial charge in [-0.2, -0.15) is 0 Å². The van der Waals surface area contributed by atoms with Crippen molar-refractivity contribution in [1.29, 1.82) is 0 Å². The van der Waals surface area contributed by atoms with Gasteiger partial charge in [0.2, 0.25) is 0 Å². The predicted molar refractivity (Wildman–Crippen MR) is 121 cm³/mol. The Kier molecular flexibility index (Phi) is 12.8. The summed E-state index contributed by atoms with van der Waals surface area (Å²) in [6, 6.07) is 0. The molecule has 0 aliphatic carbocycles. The number of esters is 1. The van der Waals surface area contributed by atoms with E-state index in [0.29, 0.717) is 22.4 Å². The molecule has 152 valence electrons. The predicted octanol–water partition coefficient (Wildman–Crippen LogP) is 7.35. The summed E-state index contributed by atoms with van der Waals surface area (Å²) >= 11 is 0. The van der Waals surface area contributed by atoms with Gasteiger partial charge in [-0.1, -0.05) is 72.8 Å². The highest BCUT2D eigenvalue weighted by Crippen LogP contribution is 2.40. The third kappa shape index (κ3) is 9.29. The van der Waals surface area contributed by atoms with Gasteiger partial charge in [0.1, 0.15) is 8.07 Å². The lowest BCUT2D eigenvalue weighted by Crippen LogP contribution is -2.43. The fraction of sp³-hybridized carbons (Fsp3) is 0.625. The van der Waals surface area contributed by atoms with Crippen LogP contribution in [0.3, 0.4) is 0 Å². The fourth-order valence-electron chi connectivity index (χ4n) is 3.74. The maximum absolute atomic E-state index is 11.5. The van der Waals surface area contributed by atoms with Crippen LogP contribution in [0.4, 0.5) is 0 Å². The molecule has 0 aromatic heterocycles. The largest absolute Gasteiger partial charge is 0.418 e. The van der Waals surface area contributed by atoms with E-state index in [-0.39, 0.29) is 5.97 Å². The molecule has 0 aliphatic heterocycles. The van der Waals surface area contributed by atoms with Crippen molar-refractivity contribution in [3.05, 3.63) is 36.1 Å². The second-order valence-corrected chi connectivity index (χ2v) is 13.6. The van der Waals surface area contributed by atoms with Crippen molar-refractivity contribution >= 4 is 14.0 Å². The van der Waals surface area contributed by atoms with E-state index in [9.17, 15) is 4.79 Å². The lowest BCUT2D eigenvalue weighted by molar-refractivity contribution is -0.136. The highest BCUT2D eigenvalue weighted by Gasteiger charge is 2.41. The Morgan fingerprint density at radius 2 is 1.48 bits per heavy atom. The van der Waals surface area contributed by atoms with Gasteiger partial charge in [0.05, 0.1) is 0 Å². The number of rotatable bonds is 10. The summed E-state index contributed by atoms with van der Waals surface area (Å²) in [5.41, 5.74) is 5.30. The molecule has 0 atom stereocenters. The van der Waals surface area contributed by atoms with Gasteiger partial charge in [-0.3, -0.25) is 4.79 Å². The number of ether oxygens (including phenoxy) is 1. The Bertz CT molecular complexity index is 561. The zero-order chi connectivity index (χ0) is 20.9. The molecule has 0 amide bonds. The normalized spacial score (nSPS) is 13.1. The number of carbonyl (C=O) groups is 1. The standard InChI is InChI=1S/C24H40O2Si/c1-9-10-11-12-13-14-15-16-17-24(26-23(8)25)18-19-27(20(2)3,21(4)5)22(6)7/h10-11,13-14,17,20-22H,9,12,15-16H2,1-8H3/b11-10-,14-13-,24-17-. The zero-order valence-corrected chi connectivity index (χ0v) is 19.8. The van der Waals surface area contributed by atoms with Gasteiger partial charge in [0.15, 0.2) is 5.76 Å². The Labute approximate surface area is 169 Å². The zero-order valence-electron chi connectivity index (χ0n) is 18.8. The Morgan fingerprint density at radius 3 is 1.96 bits per heavy atom. The molecule has 0 fully saturated rings. The summed E-state index contributed by atoms with van der Waals surface area (Å²) in [5.74, 6) is 3.46. The van der Waals surface area contributed by atoms with E-state index in [1.165, 1.54) is 6.92 Å². The van der Waals surface area contributed by atoms with Crippen molar-refractivity contribution in [1.82, 2.24) is 0 Å². The third-order valence-electron chi connectivity index (χ3n) is 5.03. The summed E-state index contributed by atoms with van der Waals surface area (Å²) in [4.78, 5) is 11.5. The number of unbranched alkanes of at least 4 members (excludes halogenated alkanes) is 1. The maximum Gasteiger partial charge on any atom is 0.308 e. The molecular weight excluding hydrogens is 348 g/mol. The second kappa shape index (κ2) is 13.6. The van der Waals surface area contributed by atoms with Crippen molar-refractivity contribution in [3.63, 3.8) is 0 Å². The van der Waals surface area contributed by atoms with Crippen LogP contribution >= 0.6 is 0 Å². The van der Waals surface area contributed by atoms with Crippen LogP contribution in [-0.4, -0.2) is 14.0 Å². The highest BCUT2D eigenvalue weighted by atomic mass is 28.3. The third-order valence-corrected chi connectivity index (χ3v) is 11.3. The van der Waals surface area contributed by atoms with Crippen LogP contribution in [0.2, 0.25) is 16.6 Å². The van der Waals surface area contributed by atoms with Gasteiger partial charge >= 0.3 is 5.97 Å². The molecule has 0 spiro atoms. The Morgan fingerprint density at radius 1 is 0.926 bits per heavy atom. The van der Waals surface area contributed by atoms with Gasteiger partial charge in [-0.25, -0.2) is 0 Å². The Hall–Kier alpha value is -1.53. The molecule has 0 saturated heterocycles. The van der Waals surface area contributed by atoms with E-state index in [4.69, 9.17) is 4.74 Å². The lowest BCUT2D eigenvalue weighted by atomic mass is 10.2. The average molecular weight is 389 g/mol. The minimum Gasteiger partial charge on any atom is -0.418 e. The molecular formula is C24H40O2Si. The topological polar surface area (TPSA) is 26.3 Å². The first-order valence-electron chi connectivity index (χ1n) is 10.4. The molecule has 0 aromatic carbocycles. The molecule has 2 nitrogen and oxygen atoms in total. The first kappa shape index (κ1) is 25.5. The summed E-state index contributed by atoms with van der Waals surface area (Å²) in [6.45, 7) is 17.3. The lowest BCUT2D eigenvalue weighted by Gasteiger charge is -2.38. The quantitative estimate of drug-likeness (QED) is 0.0976. The maximum atomic E-state index is 11.5. The molecule has 27 heavy (non-hydrogen) atoms. The first-order valence-corrected chi connectivity index (χ1v) is 12.6. The second-order valence-electron chi connectivity index (χ2n) is 7.97. The number of hydrogen-bond acceptors (Lipinski definition) is 2. The van der Waals surface area contributed by atoms with Crippen molar-refractivity contribution < 1.29 is 9.53 Å². The summed E-state index contributed by atoms with van der Waals surface area (Å²) in [7, 11) is -1.83. The SMILES string of the molecule is CC/C=C\C/C=C\CC/C=C(/C#C[Si](C(C)C)(C(C)C)C(C)C)OC(C)=O. The number of hydrogen-bond donors (Lipinski definition) is 0. The molecule has 0 bridgehead atoms. The molecule has 0 rings (SSSR count). The summed E-state index contributed by atoms with van der Waals surface area (Å²) in [5, 5.41) is 0. The smallest absolute Gasteiger partial charge is 0.308 e. The molecule has 0 aliphatic rings. The van der Waals surface area contributed by atoms with E-state index < -0.39 is 8.07 Å². The van der Waals surface area contributed by atoms with Crippen LogP contribution in [0.15, 0.2) is 36.1 Å². The van der Waals surface area contributed by atoms with Gasteiger partial charge in [0.25, 0.3) is 0 Å². The van der Waals surface area contributed by atoms with Gasteiger partial charge < -0.3 is 4.74 Å². The van der Waals surface area contributed by atoms with E-state index in [0.717, 1.165) is 25.7 Å². The molecule has 0 unspecified atom stereocenters. The van der Waals surface area contributed by atoms with Crippen LogP contribution < -0.4 is 0 Å². The number of allylic oxidation sites excluding steroid dienone is 6. The molecule has 0 radical (unpaired) electrons. The minimum atomic E-state index is -1.83. The van der Waals surface area contributed by atoms with Crippen LogP contribution in [0.1, 0.15) is 81.1 Å². The van der Waals surface area contributed by atoms with Crippen molar-refractivity contribution in [3.8, 4) is 11.5 Å². The summed E-state index contributed by atoms with van der Waals surface area (Å²) < 4.78 is 5.38.